The number of hydrogen-bond acceptors (Lipinski definition) is 4. The number of cyclic esters (lactones) is 2. The molecule has 2 aliphatic heterocycles. The van der Waals surface area contributed by atoms with Gasteiger partial charge < -0.3 is 9.47 Å². The van der Waals surface area contributed by atoms with Gasteiger partial charge in [0.1, 0.15) is 15.9 Å². The Kier molecular flexibility index (Phi) is 2.15. The lowest BCUT2D eigenvalue weighted by atomic mass is 9.93. The molecule has 2 saturated heterocycles. The SMILES string of the molecule is C=CC1OC(I)[C@H]2C(=O)OC(=O)[C@@H]12. The highest BCUT2D eigenvalue weighted by Crippen LogP contribution is 2.42. The highest BCUT2D eigenvalue weighted by Gasteiger charge is 2.57. The average molecular weight is 294 g/mol. The molecule has 4 atom stereocenters. The molecule has 2 heterocycles. The van der Waals surface area contributed by atoms with E-state index in [-0.39, 0.29) is 10.2 Å². The molecule has 2 fully saturated rings. The van der Waals surface area contributed by atoms with Crippen molar-refractivity contribution in [1.82, 2.24) is 0 Å². The zero-order valence-electron chi connectivity index (χ0n) is 6.60. The summed E-state index contributed by atoms with van der Waals surface area (Å²) < 4.78 is 9.60. The first-order valence-corrected chi connectivity index (χ1v) is 5.07. The molecule has 5 heteroatoms. The van der Waals surface area contributed by atoms with Gasteiger partial charge in [-0.1, -0.05) is 28.7 Å². The Hall–Kier alpha value is -0.430. The van der Waals surface area contributed by atoms with E-state index in [4.69, 9.17) is 4.74 Å². The molecule has 2 rings (SSSR count). The van der Waals surface area contributed by atoms with Crippen LogP contribution in [0.3, 0.4) is 0 Å². The molecule has 0 aromatic carbocycles. The van der Waals surface area contributed by atoms with Crippen molar-refractivity contribution in [2.45, 2.75) is 10.2 Å². The van der Waals surface area contributed by atoms with E-state index in [1.54, 1.807) is 0 Å². The zero-order valence-corrected chi connectivity index (χ0v) is 8.76. The number of alkyl halides is 1. The molecule has 0 bridgehead atoms. The summed E-state index contributed by atoms with van der Waals surface area (Å²) in [4.78, 5) is 22.4. The number of hydrogen-bond donors (Lipinski definition) is 0. The zero-order chi connectivity index (χ0) is 9.59. The monoisotopic (exact) mass is 294 g/mol. The van der Waals surface area contributed by atoms with Crippen LogP contribution in [-0.4, -0.2) is 22.2 Å². The maximum absolute atomic E-state index is 11.2. The van der Waals surface area contributed by atoms with E-state index in [0.717, 1.165) is 0 Å². The van der Waals surface area contributed by atoms with Gasteiger partial charge in [0.05, 0.1) is 6.10 Å². The van der Waals surface area contributed by atoms with Crippen molar-refractivity contribution in [3.8, 4) is 0 Å². The van der Waals surface area contributed by atoms with Crippen molar-refractivity contribution in [1.29, 1.82) is 0 Å². The first-order chi connectivity index (χ1) is 6.15. The molecule has 0 aliphatic carbocycles. The van der Waals surface area contributed by atoms with Crippen LogP contribution >= 0.6 is 22.6 Å². The van der Waals surface area contributed by atoms with Gasteiger partial charge in [0.25, 0.3) is 0 Å². The van der Waals surface area contributed by atoms with Gasteiger partial charge in [0, 0.05) is 0 Å². The maximum atomic E-state index is 11.2. The standard InChI is InChI=1S/C8H7IO4/c1-2-3-4-5(6(9)12-3)8(11)13-7(4)10/h2-6H,1H2/t3?,4-,5-,6?/m0/s1. The van der Waals surface area contributed by atoms with Crippen molar-refractivity contribution in [3.05, 3.63) is 12.7 Å². The van der Waals surface area contributed by atoms with Crippen LogP contribution in [0.5, 0.6) is 0 Å². The van der Waals surface area contributed by atoms with Crippen molar-refractivity contribution in [2.24, 2.45) is 11.8 Å². The Balaban J connectivity index is 2.33. The third-order valence-corrected chi connectivity index (χ3v) is 3.36. The summed E-state index contributed by atoms with van der Waals surface area (Å²) in [6.45, 7) is 3.55. The van der Waals surface area contributed by atoms with Crippen LogP contribution in [-0.2, 0) is 19.1 Å². The molecule has 0 saturated carbocycles. The molecular weight excluding hydrogens is 287 g/mol. The molecule has 0 aromatic heterocycles. The predicted molar refractivity (Wildman–Crippen MR) is 51.0 cm³/mol. The van der Waals surface area contributed by atoms with Gasteiger partial charge in [-0.15, -0.1) is 6.58 Å². The summed E-state index contributed by atoms with van der Waals surface area (Å²) in [6.07, 6.45) is 1.15. The Morgan fingerprint density at radius 1 is 1.31 bits per heavy atom. The fourth-order valence-corrected chi connectivity index (χ4v) is 2.74. The number of carbonyl (C=O) groups is 2. The van der Waals surface area contributed by atoms with E-state index >= 15 is 0 Å². The summed E-state index contributed by atoms with van der Waals surface area (Å²) in [5.41, 5.74) is 0. The van der Waals surface area contributed by atoms with Gasteiger partial charge in [-0.05, 0) is 0 Å². The normalized spacial score (nSPS) is 43.2. The van der Waals surface area contributed by atoms with Crippen LogP contribution in [0, 0.1) is 11.8 Å². The van der Waals surface area contributed by atoms with E-state index in [1.165, 1.54) is 6.08 Å². The molecule has 4 nitrogen and oxygen atoms in total. The molecular formula is C8H7IO4. The third kappa shape index (κ3) is 1.21. The topological polar surface area (TPSA) is 52.6 Å². The first-order valence-electron chi connectivity index (χ1n) is 3.83. The number of rotatable bonds is 1. The molecule has 13 heavy (non-hydrogen) atoms. The van der Waals surface area contributed by atoms with Gasteiger partial charge in [0.15, 0.2) is 0 Å². The Labute approximate surface area is 88.4 Å². The molecule has 0 spiro atoms. The second-order valence-corrected chi connectivity index (χ2v) is 4.21. The van der Waals surface area contributed by atoms with Crippen LogP contribution in [0.25, 0.3) is 0 Å². The largest absolute Gasteiger partial charge is 0.393 e. The second kappa shape index (κ2) is 3.06. The minimum absolute atomic E-state index is 0.287. The lowest BCUT2D eigenvalue weighted by Gasteiger charge is -2.07. The van der Waals surface area contributed by atoms with Crippen molar-refractivity contribution < 1.29 is 19.1 Å². The predicted octanol–water partition coefficient (Wildman–Crippen LogP) is 0.648. The fourth-order valence-electron chi connectivity index (χ4n) is 1.66. The average Bonchev–Trinajstić information content (AvgIpc) is 2.54. The van der Waals surface area contributed by atoms with Crippen molar-refractivity contribution in [3.63, 3.8) is 0 Å². The van der Waals surface area contributed by atoms with E-state index < -0.39 is 23.8 Å². The van der Waals surface area contributed by atoms with Gasteiger partial charge in [-0.25, -0.2) is 0 Å². The summed E-state index contributed by atoms with van der Waals surface area (Å²) in [6, 6.07) is 0. The van der Waals surface area contributed by atoms with Crippen LogP contribution in [0.15, 0.2) is 12.7 Å². The minimum Gasteiger partial charge on any atom is -0.393 e. The number of halogens is 1. The lowest BCUT2D eigenvalue weighted by Crippen LogP contribution is -2.22. The molecule has 0 radical (unpaired) electrons. The summed E-state index contributed by atoms with van der Waals surface area (Å²) in [7, 11) is 0. The Morgan fingerprint density at radius 2 is 1.92 bits per heavy atom. The Morgan fingerprint density at radius 3 is 2.54 bits per heavy atom. The third-order valence-electron chi connectivity index (χ3n) is 2.29. The maximum Gasteiger partial charge on any atom is 0.321 e. The van der Waals surface area contributed by atoms with E-state index in [9.17, 15) is 9.59 Å². The fraction of sp³-hybridized carbons (Fsp3) is 0.500. The Bertz CT molecular complexity index is 288. The van der Waals surface area contributed by atoms with Gasteiger partial charge in [-0.3, -0.25) is 9.59 Å². The van der Waals surface area contributed by atoms with Crippen LogP contribution < -0.4 is 0 Å². The van der Waals surface area contributed by atoms with E-state index in [0.29, 0.717) is 0 Å². The molecule has 0 aromatic rings. The van der Waals surface area contributed by atoms with Crippen molar-refractivity contribution >= 4 is 34.5 Å². The van der Waals surface area contributed by atoms with E-state index in [1.807, 2.05) is 22.6 Å². The molecule has 70 valence electrons. The van der Waals surface area contributed by atoms with Gasteiger partial charge in [0.2, 0.25) is 0 Å². The smallest absolute Gasteiger partial charge is 0.321 e. The molecule has 0 N–H and O–H groups in total. The molecule has 0 amide bonds. The highest BCUT2D eigenvalue weighted by atomic mass is 127. The highest BCUT2D eigenvalue weighted by molar-refractivity contribution is 14.1. The van der Waals surface area contributed by atoms with Crippen LogP contribution in [0.4, 0.5) is 0 Å². The summed E-state index contributed by atoms with van der Waals surface area (Å²) >= 11 is 1.99. The van der Waals surface area contributed by atoms with Gasteiger partial charge in [-0.2, -0.15) is 0 Å². The van der Waals surface area contributed by atoms with E-state index in [2.05, 4.69) is 11.3 Å². The summed E-state index contributed by atoms with van der Waals surface area (Å²) in [5.74, 6) is -1.89. The minimum atomic E-state index is -0.487. The number of carbonyl (C=O) groups excluding carboxylic acids is 2. The molecule has 2 unspecified atom stereocenters. The van der Waals surface area contributed by atoms with Crippen LogP contribution in [0.1, 0.15) is 0 Å². The number of fused-ring (bicyclic) bond motifs is 1. The summed E-state index contributed by atoms with van der Waals surface area (Å²) in [5, 5.41) is 0. The number of ether oxygens (including phenoxy) is 2. The molecule has 2 aliphatic rings. The van der Waals surface area contributed by atoms with Crippen molar-refractivity contribution in [2.75, 3.05) is 0 Å². The first kappa shape index (κ1) is 9.14. The lowest BCUT2D eigenvalue weighted by molar-refractivity contribution is -0.156. The van der Waals surface area contributed by atoms with Gasteiger partial charge >= 0.3 is 11.9 Å². The quantitative estimate of drug-likeness (QED) is 0.234. The van der Waals surface area contributed by atoms with Crippen LogP contribution in [0.2, 0.25) is 0 Å². The number of esters is 2. The second-order valence-electron chi connectivity index (χ2n) is 2.98.